The highest BCUT2D eigenvalue weighted by molar-refractivity contribution is 9.10. The van der Waals surface area contributed by atoms with Crippen molar-refractivity contribution < 1.29 is 9.70 Å². The van der Waals surface area contributed by atoms with Gasteiger partial charge in [-0.05, 0) is 48.0 Å². The lowest BCUT2D eigenvalue weighted by atomic mass is 10.1. The van der Waals surface area contributed by atoms with Crippen molar-refractivity contribution in [2.75, 3.05) is 38.5 Å². The van der Waals surface area contributed by atoms with E-state index in [9.17, 15) is 5.11 Å². The summed E-state index contributed by atoms with van der Waals surface area (Å²) in [5.41, 5.74) is 4.39. The van der Waals surface area contributed by atoms with Crippen LogP contribution in [0.15, 0.2) is 81.3 Å². The van der Waals surface area contributed by atoms with Crippen molar-refractivity contribution in [1.82, 2.24) is 4.90 Å². The van der Waals surface area contributed by atoms with Crippen LogP contribution in [0, 0.1) is 0 Å². The van der Waals surface area contributed by atoms with Gasteiger partial charge in [-0.3, -0.25) is 0 Å². The Kier molecular flexibility index (Phi) is 5.86. The summed E-state index contributed by atoms with van der Waals surface area (Å²) in [6.07, 6.45) is 0. The van der Waals surface area contributed by atoms with Gasteiger partial charge in [-0.1, -0.05) is 56.9 Å². The van der Waals surface area contributed by atoms with Gasteiger partial charge in [0.15, 0.2) is 0 Å². The topological polar surface area (TPSA) is 63.1 Å². The summed E-state index contributed by atoms with van der Waals surface area (Å²) >= 11 is 9.66. The Morgan fingerprint density at radius 2 is 1.79 bits per heavy atom. The van der Waals surface area contributed by atoms with E-state index in [1.807, 2.05) is 49.5 Å². The van der Waals surface area contributed by atoms with Crippen molar-refractivity contribution in [2.24, 2.45) is 10.1 Å². The van der Waals surface area contributed by atoms with Crippen LogP contribution in [0.4, 0.5) is 17.1 Å². The Bertz CT molecular complexity index is 1250. The number of halogens is 2. The number of benzene rings is 3. The molecule has 1 saturated heterocycles. The van der Waals surface area contributed by atoms with Gasteiger partial charge in [-0.15, -0.1) is 0 Å². The molecule has 6 nitrogen and oxygen atoms in total. The Morgan fingerprint density at radius 1 is 1.06 bits per heavy atom. The molecular formula is C25H23BrClN5O. The van der Waals surface area contributed by atoms with Crippen LogP contribution in [0.5, 0.6) is 0 Å². The van der Waals surface area contributed by atoms with Crippen molar-refractivity contribution in [2.45, 2.75) is 0 Å². The first kappa shape index (κ1) is 21.9. The number of hydrogen-bond donors (Lipinski definition) is 1. The number of nitrogens with zero attached hydrogens (tertiary/aromatic N) is 4. The standard InChI is InChI=1S/C25H23BrClN5O/c1-32(30-25(33)17-6-8-18(26)9-7-17)14-12-31(13-15-32)24-20-4-2-3-5-21(20)28-22-11-10-19(27)16-23(22)29-24/h2-11,16H,12-15H2,1H3,(H-,28,29,30,33). The van der Waals surface area contributed by atoms with Crippen molar-refractivity contribution in [3.8, 4) is 0 Å². The Morgan fingerprint density at radius 3 is 2.55 bits per heavy atom. The number of nitrogens with one attached hydrogen (secondary N) is 1. The Hall–Kier alpha value is -2.87. The maximum absolute atomic E-state index is 12.7. The second-order valence-electron chi connectivity index (χ2n) is 8.45. The largest absolute Gasteiger partial charge is 0.855 e. The molecule has 0 aromatic heterocycles. The van der Waals surface area contributed by atoms with Gasteiger partial charge in [-0.2, -0.15) is 4.59 Å². The molecule has 33 heavy (non-hydrogen) atoms. The van der Waals surface area contributed by atoms with Crippen LogP contribution >= 0.6 is 27.5 Å². The molecule has 168 valence electrons. The third-order valence-electron chi connectivity index (χ3n) is 6.05. The summed E-state index contributed by atoms with van der Waals surface area (Å²) in [7, 11) is 2.01. The molecule has 1 N–H and O–H groups in total. The summed E-state index contributed by atoms with van der Waals surface area (Å²) in [5, 5.41) is 21.4. The molecular weight excluding hydrogens is 502 g/mol. The fourth-order valence-corrected chi connectivity index (χ4v) is 4.56. The SMILES string of the molecule is C[N+]1(/N=C(\[O-])c2ccc(Br)cc2)CCN(C2=Nc3cc(Cl)ccc3Nc3ccccc32)CC1. The average Bonchev–Trinajstić information content (AvgIpc) is 2.96. The van der Waals surface area contributed by atoms with Gasteiger partial charge in [0.05, 0.1) is 37.4 Å². The molecule has 0 saturated carbocycles. The molecule has 2 aliphatic rings. The minimum Gasteiger partial charge on any atom is -0.855 e. The molecule has 3 aromatic rings. The number of likely N-dealkylation sites (N-methyl/N-ethyl adjacent to an activating group) is 1. The van der Waals surface area contributed by atoms with Gasteiger partial charge in [0.1, 0.15) is 18.9 Å². The first-order chi connectivity index (χ1) is 15.9. The van der Waals surface area contributed by atoms with Crippen molar-refractivity contribution in [3.63, 3.8) is 0 Å². The highest BCUT2D eigenvalue weighted by Gasteiger charge is 2.32. The number of para-hydroxylation sites is 1. The number of fused-ring (bicyclic) bond motifs is 2. The van der Waals surface area contributed by atoms with E-state index in [0.717, 1.165) is 46.0 Å². The first-order valence-electron chi connectivity index (χ1n) is 10.8. The molecule has 0 aliphatic carbocycles. The van der Waals surface area contributed by atoms with Gasteiger partial charge in [0.25, 0.3) is 0 Å². The second-order valence-corrected chi connectivity index (χ2v) is 9.80. The van der Waals surface area contributed by atoms with E-state index >= 15 is 0 Å². The molecule has 2 aliphatic heterocycles. The van der Waals surface area contributed by atoms with Crippen LogP contribution in [0.3, 0.4) is 0 Å². The summed E-state index contributed by atoms with van der Waals surface area (Å²) in [6.45, 7) is 2.88. The highest BCUT2D eigenvalue weighted by Crippen LogP contribution is 2.36. The third-order valence-corrected chi connectivity index (χ3v) is 6.81. The molecule has 3 aromatic carbocycles. The maximum Gasteiger partial charge on any atom is 0.139 e. The fraction of sp³-hybridized carbons (Fsp3) is 0.200. The zero-order valence-electron chi connectivity index (χ0n) is 18.1. The van der Waals surface area contributed by atoms with E-state index in [0.29, 0.717) is 28.3 Å². The lowest BCUT2D eigenvalue weighted by Crippen LogP contribution is -2.56. The third kappa shape index (κ3) is 4.62. The van der Waals surface area contributed by atoms with Crippen molar-refractivity contribution >= 4 is 56.3 Å². The van der Waals surface area contributed by atoms with E-state index in [4.69, 9.17) is 16.6 Å². The number of amidine groups is 1. The molecule has 0 unspecified atom stereocenters. The molecule has 0 spiro atoms. The molecule has 5 rings (SSSR count). The quantitative estimate of drug-likeness (QED) is 0.300. The number of hydrogen-bond acceptors (Lipinski definition) is 5. The van der Waals surface area contributed by atoms with Crippen molar-refractivity contribution in [3.05, 3.63) is 87.4 Å². The van der Waals surface area contributed by atoms with E-state index in [1.54, 1.807) is 12.1 Å². The van der Waals surface area contributed by atoms with Gasteiger partial charge in [0, 0.05) is 20.7 Å². The summed E-state index contributed by atoms with van der Waals surface area (Å²) in [4.78, 5) is 7.29. The zero-order chi connectivity index (χ0) is 23.0. The lowest BCUT2D eigenvalue weighted by molar-refractivity contribution is -0.920. The predicted molar refractivity (Wildman–Crippen MR) is 136 cm³/mol. The van der Waals surface area contributed by atoms with Crippen LogP contribution in [-0.4, -0.2) is 54.5 Å². The smallest absolute Gasteiger partial charge is 0.139 e. The van der Waals surface area contributed by atoms with Crippen LogP contribution in [0.2, 0.25) is 5.02 Å². The second kappa shape index (κ2) is 8.82. The lowest BCUT2D eigenvalue weighted by Gasteiger charge is -2.39. The van der Waals surface area contributed by atoms with Crippen molar-refractivity contribution in [1.29, 1.82) is 0 Å². The first-order valence-corrected chi connectivity index (χ1v) is 11.9. The van der Waals surface area contributed by atoms with Crippen LogP contribution in [-0.2, 0) is 0 Å². The summed E-state index contributed by atoms with van der Waals surface area (Å²) in [5.74, 6) is 0.716. The number of anilines is 2. The molecule has 0 radical (unpaired) electrons. The average molecular weight is 525 g/mol. The predicted octanol–water partition coefficient (Wildman–Crippen LogP) is 4.72. The molecule has 2 heterocycles. The highest BCUT2D eigenvalue weighted by atomic mass is 79.9. The maximum atomic E-state index is 12.7. The Balaban J connectivity index is 1.42. The van der Waals surface area contributed by atoms with E-state index in [1.165, 1.54) is 0 Å². The molecule has 8 heteroatoms. The number of rotatable bonds is 2. The van der Waals surface area contributed by atoms with Gasteiger partial charge < -0.3 is 15.3 Å². The molecule has 0 atom stereocenters. The summed E-state index contributed by atoms with van der Waals surface area (Å²) in [6, 6.07) is 21.2. The minimum absolute atomic E-state index is 0.191. The summed E-state index contributed by atoms with van der Waals surface area (Å²) < 4.78 is 1.29. The Labute approximate surface area is 206 Å². The minimum atomic E-state index is -0.191. The van der Waals surface area contributed by atoms with E-state index in [2.05, 4.69) is 43.4 Å². The number of piperazine rings is 1. The zero-order valence-corrected chi connectivity index (χ0v) is 20.5. The number of quaternary nitrogens is 1. The normalized spacial score (nSPS) is 17.4. The number of aliphatic imine (C=N–C) groups is 1. The van der Waals surface area contributed by atoms with Crippen LogP contribution < -0.4 is 10.4 Å². The van der Waals surface area contributed by atoms with Crippen LogP contribution in [0.1, 0.15) is 11.1 Å². The molecule has 0 amide bonds. The van der Waals surface area contributed by atoms with E-state index in [-0.39, 0.29) is 5.90 Å². The van der Waals surface area contributed by atoms with Gasteiger partial charge >= 0.3 is 0 Å². The van der Waals surface area contributed by atoms with Gasteiger partial charge in [-0.25, -0.2) is 4.99 Å². The van der Waals surface area contributed by atoms with E-state index < -0.39 is 0 Å². The fourth-order valence-electron chi connectivity index (χ4n) is 4.13. The monoisotopic (exact) mass is 523 g/mol. The van der Waals surface area contributed by atoms with Gasteiger partial charge in [0.2, 0.25) is 0 Å². The molecule has 0 bridgehead atoms. The van der Waals surface area contributed by atoms with Crippen LogP contribution in [0.25, 0.3) is 0 Å². The molecule has 1 fully saturated rings.